The maximum absolute atomic E-state index is 13.2. The van der Waals surface area contributed by atoms with Crippen LogP contribution >= 0.6 is 0 Å². The van der Waals surface area contributed by atoms with Gasteiger partial charge in [-0.2, -0.15) is 0 Å². The number of aromatic nitrogens is 4. The molecule has 2 aromatic heterocycles. The maximum Gasteiger partial charge on any atom is 0.253 e. The van der Waals surface area contributed by atoms with Gasteiger partial charge in [0.15, 0.2) is 0 Å². The van der Waals surface area contributed by atoms with Gasteiger partial charge in [0.25, 0.3) is 5.91 Å². The van der Waals surface area contributed by atoms with Crippen molar-refractivity contribution in [3.8, 4) is 0 Å². The van der Waals surface area contributed by atoms with Crippen LogP contribution in [0.4, 0.5) is 0 Å². The van der Waals surface area contributed by atoms with Crippen LogP contribution < -0.4 is 0 Å². The van der Waals surface area contributed by atoms with Crippen molar-refractivity contribution >= 4 is 5.91 Å². The molecule has 0 aliphatic carbocycles. The van der Waals surface area contributed by atoms with E-state index < -0.39 is 0 Å². The van der Waals surface area contributed by atoms with Gasteiger partial charge in [0.2, 0.25) is 0 Å². The first-order valence-electron chi connectivity index (χ1n) is 13.0. The summed E-state index contributed by atoms with van der Waals surface area (Å²) in [6.07, 6.45) is 12.2. The zero-order chi connectivity index (χ0) is 24.5. The van der Waals surface area contributed by atoms with E-state index in [2.05, 4.69) is 55.7 Å². The Bertz CT molecular complexity index is 951. The maximum atomic E-state index is 13.2. The van der Waals surface area contributed by atoms with Gasteiger partial charge in [-0.15, -0.1) is 0 Å². The Morgan fingerprint density at radius 1 is 0.886 bits per heavy atom. The summed E-state index contributed by atoms with van der Waals surface area (Å²) in [7, 11) is 0. The number of rotatable bonds is 12. The standard InChI is InChI=1S/C27H39N7O/c1-3-5-24(6-4-2)33-15-17-34(18-16-33)27(35)23-9-7-22(8-10-23)19-32(20-25-28-11-12-29-25)21-26-30-13-14-31-26/h7-14,24H,3-6,15-21H2,1-2H3,(H,28,29)(H,30,31). The second-order valence-electron chi connectivity index (χ2n) is 9.47. The number of carbonyl (C=O) groups excluding carboxylic acids is 1. The van der Waals surface area contributed by atoms with E-state index in [0.29, 0.717) is 19.1 Å². The third-order valence-electron chi connectivity index (χ3n) is 6.83. The summed E-state index contributed by atoms with van der Waals surface area (Å²) in [6, 6.07) is 8.74. The second-order valence-corrected chi connectivity index (χ2v) is 9.47. The molecule has 0 atom stereocenters. The Morgan fingerprint density at radius 3 is 1.94 bits per heavy atom. The van der Waals surface area contributed by atoms with Gasteiger partial charge in [0.1, 0.15) is 11.6 Å². The van der Waals surface area contributed by atoms with E-state index in [-0.39, 0.29) is 5.91 Å². The molecule has 1 aromatic carbocycles. The second kappa shape index (κ2) is 12.7. The van der Waals surface area contributed by atoms with Gasteiger partial charge in [-0.1, -0.05) is 38.8 Å². The molecule has 3 aromatic rings. The first-order valence-corrected chi connectivity index (χ1v) is 13.0. The molecule has 0 saturated carbocycles. The lowest BCUT2D eigenvalue weighted by atomic mass is 10.0. The minimum atomic E-state index is 0.141. The number of nitrogens with one attached hydrogen (secondary N) is 2. The normalized spacial score (nSPS) is 14.8. The number of H-pyrrole nitrogens is 2. The molecule has 1 aliphatic rings. The monoisotopic (exact) mass is 477 g/mol. The Labute approximate surface area is 208 Å². The summed E-state index contributed by atoms with van der Waals surface area (Å²) in [4.78, 5) is 35.1. The minimum Gasteiger partial charge on any atom is -0.348 e. The molecular formula is C27H39N7O. The van der Waals surface area contributed by atoms with Gasteiger partial charge in [-0.05, 0) is 30.5 Å². The summed E-state index contributed by atoms with van der Waals surface area (Å²) >= 11 is 0. The summed E-state index contributed by atoms with van der Waals surface area (Å²) < 4.78 is 0. The largest absolute Gasteiger partial charge is 0.348 e. The molecule has 0 spiro atoms. The molecule has 4 rings (SSSR count). The summed E-state index contributed by atoms with van der Waals surface area (Å²) in [6.45, 7) is 10.2. The first kappa shape index (κ1) is 25.1. The van der Waals surface area contributed by atoms with E-state index in [0.717, 1.165) is 55.5 Å². The van der Waals surface area contributed by atoms with Gasteiger partial charge < -0.3 is 14.9 Å². The van der Waals surface area contributed by atoms with Crippen molar-refractivity contribution in [1.82, 2.24) is 34.6 Å². The Kier molecular flexibility index (Phi) is 9.08. The number of piperazine rings is 1. The van der Waals surface area contributed by atoms with Gasteiger partial charge in [0.05, 0.1) is 13.1 Å². The molecule has 2 N–H and O–H groups in total. The van der Waals surface area contributed by atoms with E-state index in [1.165, 1.54) is 25.7 Å². The van der Waals surface area contributed by atoms with E-state index in [1.807, 2.05) is 29.4 Å². The molecule has 35 heavy (non-hydrogen) atoms. The van der Waals surface area contributed by atoms with Crippen LogP contribution in [0.1, 0.15) is 67.1 Å². The predicted molar refractivity (Wildman–Crippen MR) is 138 cm³/mol. The van der Waals surface area contributed by atoms with Crippen molar-refractivity contribution in [1.29, 1.82) is 0 Å². The minimum absolute atomic E-state index is 0.141. The number of aromatic amines is 2. The number of hydrogen-bond donors (Lipinski definition) is 2. The molecule has 1 saturated heterocycles. The fourth-order valence-corrected chi connectivity index (χ4v) is 5.02. The molecule has 188 valence electrons. The fraction of sp³-hybridized carbons (Fsp3) is 0.519. The lowest BCUT2D eigenvalue weighted by Gasteiger charge is -2.39. The molecule has 8 heteroatoms. The molecule has 0 bridgehead atoms. The SMILES string of the molecule is CCCC(CCC)N1CCN(C(=O)c2ccc(CN(Cc3ncc[nH]3)Cc3ncc[nH]3)cc2)CC1. The number of hydrogen-bond acceptors (Lipinski definition) is 5. The topological polar surface area (TPSA) is 84.2 Å². The molecule has 0 radical (unpaired) electrons. The highest BCUT2D eigenvalue weighted by Crippen LogP contribution is 2.18. The highest BCUT2D eigenvalue weighted by Gasteiger charge is 2.26. The number of benzene rings is 1. The number of amides is 1. The van der Waals surface area contributed by atoms with E-state index in [1.54, 1.807) is 12.4 Å². The van der Waals surface area contributed by atoms with E-state index in [4.69, 9.17) is 0 Å². The predicted octanol–water partition coefficient (Wildman–Crippen LogP) is 4.06. The van der Waals surface area contributed by atoms with Crippen LogP contribution in [0, 0.1) is 0 Å². The molecule has 1 fully saturated rings. The molecule has 3 heterocycles. The van der Waals surface area contributed by atoms with Crippen LogP contribution in [0.5, 0.6) is 0 Å². The van der Waals surface area contributed by atoms with Crippen LogP contribution in [0.3, 0.4) is 0 Å². The van der Waals surface area contributed by atoms with E-state index >= 15 is 0 Å². The van der Waals surface area contributed by atoms with Crippen molar-refractivity contribution < 1.29 is 4.79 Å². The highest BCUT2D eigenvalue weighted by atomic mass is 16.2. The molecular weight excluding hydrogens is 438 g/mol. The molecule has 0 unspecified atom stereocenters. The van der Waals surface area contributed by atoms with E-state index in [9.17, 15) is 4.79 Å². The Morgan fingerprint density at radius 2 is 1.46 bits per heavy atom. The van der Waals surface area contributed by atoms with Gasteiger partial charge >= 0.3 is 0 Å². The third kappa shape index (κ3) is 7.02. The van der Waals surface area contributed by atoms with Crippen molar-refractivity contribution in [2.24, 2.45) is 0 Å². The fourth-order valence-electron chi connectivity index (χ4n) is 5.02. The quantitative estimate of drug-likeness (QED) is 0.411. The van der Waals surface area contributed by atoms with Gasteiger partial charge in [0, 0.05) is 69.1 Å². The average molecular weight is 478 g/mol. The van der Waals surface area contributed by atoms with Crippen LogP contribution in [0.25, 0.3) is 0 Å². The van der Waals surface area contributed by atoms with Crippen LogP contribution in [0.2, 0.25) is 0 Å². The van der Waals surface area contributed by atoms with Gasteiger partial charge in [-0.3, -0.25) is 14.6 Å². The smallest absolute Gasteiger partial charge is 0.253 e. The number of nitrogens with zero attached hydrogens (tertiary/aromatic N) is 5. The van der Waals surface area contributed by atoms with Crippen LogP contribution in [0.15, 0.2) is 49.1 Å². The van der Waals surface area contributed by atoms with Crippen LogP contribution in [-0.2, 0) is 19.6 Å². The zero-order valence-electron chi connectivity index (χ0n) is 21.1. The van der Waals surface area contributed by atoms with Crippen molar-refractivity contribution in [3.63, 3.8) is 0 Å². The van der Waals surface area contributed by atoms with Crippen molar-refractivity contribution in [3.05, 3.63) is 71.8 Å². The van der Waals surface area contributed by atoms with Crippen LogP contribution in [-0.4, -0.2) is 72.8 Å². The van der Waals surface area contributed by atoms with Crippen molar-refractivity contribution in [2.45, 2.75) is 65.2 Å². The zero-order valence-corrected chi connectivity index (χ0v) is 21.1. The Balaban J connectivity index is 1.34. The summed E-state index contributed by atoms with van der Waals surface area (Å²) in [5.74, 6) is 1.98. The number of carbonyl (C=O) groups is 1. The third-order valence-corrected chi connectivity index (χ3v) is 6.83. The van der Waals surface area contributed by atoms with Gasteiger partial charge in [-0.25, -0.2) is 9.97 Å². The van der Waals surface area contributed by atoms with Crippen molar-refractivity contribution in [2.75, 3.05) is 26.2 Å². The number of imidazole rings is 2. The first-order chi connectivity index (χ1) is 17.2. The highest BCUT2D eigenvalue weighted by molar-refractivity contribution is 5.94. The Hall–Kier alpha value is -2.97. The average Bonchev–Trinajstić information content (AvgIpc) is 3.59. The lowest BCUT2D eigenvalue weighted by molar-refractivity contribution is 0.0547. The summed E-state index contributed by atoms with van der Waals surface area (Å²) in [5.41, 5.74) is 1.93. The molecule has 8 nitrogen and oxygen atoms in total. The summed E-state index contributed by atoms with van der Waals surface area (Å²) in [5, 5.41) is 0. The lowest BCUT2D eigenvalue weighted by Crippen LogP contribution is -2.52. The molecule has 1 amide bonds. The molecule has 1 aliphatic heterocycles.